The molecule has 0 fully saturated rings. The predicted octanol–water partition coefficient (Wildman–Crippen LogP) is 2.64. The van der Waals surface area contributed by atoms with Gasteiger partial charge in [-0.2, -0.15) is 0 Å². The summed E-state index contributed by atoms with van der Waals surface area (Å²) in [6.07, 6.45) is 1.92. The number of likely N-dealkylation sites (N-methyl/N-ethyl adjacent to an activating group) is 1. The highest BCUT2D eigenvalue weighted by molar-refractivity contribution is 7.09. The van der Waals surface area contributed by atoms with Crippen molar-refractivity contribution in [3.63, 3.8) is 0 Å². The molecule has 0 bridgehead atoms. The van der Waals surface area contributed by atoms with Gasteiger partial charge in [0.1, 0.15) is 6.04 Å². The Morgan fingerprint density at radius 3 is 3.00 bits per heavy atom. The minimum Gasteiger partial charge on any atom is -0.344 e. The van der Waals surface area contributed by atoms with Crippen molar-refractivity contribution in [2.75, 3.05) is 20.1 Å². The Morgan fingerprint density at radius 2 is 2.19 bits per heavy atom. The van der Waals surface area contributed by atoms with Crippen LogP contribution in [0.1, 0.15) is 22.0 Å². The number of amides is 1. The fourth-order valence-corrected chi connectivity index (χ4v) is 3.49. The molecule has 0 saturated carbocycles. The number of carbonyl (C=O) groups is 1. The van der Waals surface area contributed by atoms with E-state index >= 15 is 0 Å². The average molecular weight is 300 g/mol. The van der Waals surface area contributed by atoms with Crippen LogP contribution in [0, 0.1) is 0 Å². The van der Waals surface area contributed by atoms with E-state index in [1.54, 1.807) is 11.3 Å². The molecule has 1 aliphatic rings. The van der Waals surface area contributed by atoms with Gasteiger partial charge in [-0.05, 0) is 35.4 Å². The second kappa shape index (κ2) is 6.41. The third kappa shape index (κ3) is 3.17. The van der Waals surface area contributed by atoms with Crippen molar-refractivity contribution in [2.24, 2.45) is 0 Å². The molecule has 3 rings (SSSR count). The zero-order chi connectivity index (χ0) is 14.7. The lowest BCUT2D eigenvalue weighted by Crippen LogP contribution is -2.42. The number of hydrogen-bond acceptors (Lipinski definition) is 3. The Labute approximate surface area is 129 Å². The topological polar surface area (TPSA) is 32.3 Å². The van der Waals surface area contributed by atoms with Crippen LogP contribution in [0.5, 0.6) is 0 Å². The van der Waals surface area contributed by atoms with Crippen molar-refractivity contribution in [1.82, 2.24) is 10.2 Å². The molecular formula is C17H20N2OS. The molecule has 1 aromatic heterocycles. The Kier molecular flexibility index (Phi) is 4.36. The molecule has 1 atom stereocenters. The maximum atomic E-state index is 12.7. The summed E-state index contributed by atoms with van der Waals surface area (Å²) in [7, 11) is 1.90. The average Bonchev–Trinajstić information content (AvgIpc) is 3.05. The molecule has 1 N–H and O–H groups in total. The van der Waals surface area contributed by atoms with Gasteiger partial charge in [0.05, 0.1) is 0 Å². The van der Waals surface area contributed by atoms with Gasteiger partial charge in [-0.3, -0.25) is 4.79 Å². The first kappa shape index (κ1) is 14.3. The maximum Gasteiger partial charge on any atom is 0.244 e. The predicted molar refractivity (Wildman–Crippen MR) is 86.5 cm³/mol. The van der Waals surface area contributed by atoms with Crippen LogP contribution in [-0.2, 0) is 17.6 Å². The van der Waals surface area contributed by atoms with E-state index in [1.807, 2.05) is 24.1 Å². The quantitative estimate of drug-likeness (QED) is 0.941. The van der Waals surface area contributed by atoms with Crippen molar-refractivity contribution in [3.8, 4) is 0 Å². The molecule has 2 heterocycles. The Morgan fingerprint density at radius 1 is 1.33 bits per heavy atom. The van der Waals surface area contributed by atoms with E-state index in [9.17, 15) is 4.79 Å². The highest BCUT2D eigenvalue weighted by Crippen LogP contribution is 2.24. The second-order valence-electron chi connectivity index (χ2n) is 5.43. The van der Waals surface area contributed by atoms with E-state index in [4.69, 9.17) is 0 Å². The molecule has 110 valence electrons. The van der Waals surface area contributed by atoms with Crippen molar-refractivity contribution < 1.29 is 4.79 Å². The Hall–Kier alpha value is -1.65. The van der Waals surface area contributed by atoms with Gasteiger partial charge in [0.2, 0.25) is 5.91 Å². The third-order valence-corrected chi connectivity index (χ3v) is 4.94. The molecule has 21 heavy (non-hydrogen) atoms. The first-order valence-corrected chi connectivity index (χ1v) is 8.22. The number of carbonyl (C=O) groups excluding carboxylic acids is 1. The Bertz CT molecular complexity index is 609. The molecule has 1 amide bonds. The summed E-state index contributed by atoms with van der Waals surface area (Å²) in [4.78, 5) is 15.9. The van der Waals surface area contributed by atoms with Crippen LogP contribution in [0.15, 0.2) is 41.8 Å². The van der Waals surface area contributed by atoms with Gasteiger partial charge in [0.25, 0.3) is 0 Å². The number of rotatable bonds is 4. The molecule has 4 heteroatoms. The summed E-state index contributed by atoms with van der Waals surface area (Å²) in [6.45, 7) is 1.63. The molecule has 3 nitrogen and oxygen atoms in total. The van der Waals surface area contributed by atoms with Gasteiger partial charge in [0.15, 0.2) is 0 Å². The highest BCUT2D eigenvalue weighted by atomic mass is 32.1. The zero-order valence-corrected chi connectivity index (χ0v) is 13.0. The number of thiophene rings is 1. The molecule has 1 unspecified atom stereocenters. The van der Waals surface area contributed by atoms with Crippen LogP contribution in [0.25, 0.3) is 0 Å². The van der Waals surface area contributed by atoms with Crippen molar-refractivity contribution >= 4 is 17.2 Å². The van der Waals surface area contributed by atoms with E-state index in [0.717, 1.165) is 31.5 Å². The minimum atomic E-state index is -0.191. The van der Waals surface area contributed by atoms with Crippen LogP contribution in [-0.4, -0.2) is 30.9 Å². The lowest BCUT2D eigenvalue weighted by atomic mass is 9.93. The standard InChI is InChI=1S/C17H20N2OS/c1-19(11-9-14-6-4-12-21-14)17(20)16-15-7-3-2-5-13(15)8-10-18-16/h2-7,12,16,18H,8-11H2,1H3. The van der Waals surface area contributed by atoms with E-state index in [0.29, 0.717) is 0 Å². The molecule has 1 aliphatic heterocycles. The number of nitrogens with zero attached hydrogens (tertiary/aromatic N) is 1. The summed E-state index contributed by atoms with van der Waals surface area (Å²) in [6, 6.07) is 12.2. The number of nitrogens with one attached hydrogen (secondary N) is 1. The second-order valence-corrected chi connectivity index (χ2v) is 6.46. The first-order chi connectivity index (χ1) is 10.3. The third-order valence-electron chi connectivity index (χ3n) is 4.01. The van der Waals surface area contributed by atoms with E-state index in [1.165, 1.54) is 10.4 Å². The van der Waals surface area contributed by atoms with Crippen LogP contribution >= 0.6 is 11.3 Å². The minimum absolute atomic E-state index is 0.165. The SMILES string of the molecule is CN(CCc1cccs1)C(=O)C1NCCc2ccccc21. The smallest absolute Gasteiger partial charge is 0.244 e. The van der Waals surface area contributed by atoms with Crippen LogP contribution < -0.4 is 5.32 Å². The fourth-order valence-electron chi connectivity index (χ4n) is 2.79. The highest BCUT2D eigenvalue weighted by Gasteiger charge is 2.27. The molecule has 0 radical (unpaired) electrons. The Balaban J connectivity index is 1.67. The van der Waals surface area contributed by atoms with E-state index in [2.05, 4.69) is 35.0 Å². The van der Waals surface area contributed by atoms with Gasteiger partial charge >= 0.3 is 0 Å². The molecule has 0 saturated heterocycles. The molecule has 0 aliphatic carbocycles. The van der Waals surface area contributed by atoms with Crippen molar-refractivity contribution in [1.29, 1.82) is 0 Å². The van der Waals surface area contributed by atoms with Gasteiger partial charge < -0.3 is 10.2 Å². The lowest BCUT2D eigenvalue weighted by Gasteiger charge is -2.29. The van der Waals surface area contributed by atoms with Crippen molar-refractivity contribution in [3.05, 3.63) is 57.8 Å². The first-order valence-electron chi connectivity index (χ1n) is 7.34. The van der Waals surface area contributed by atoms with Gasteiger partial charge in [-0.1, -0.05) is 30.3 Å². The number of fused-ring (bicyclic) bond motifs is 1. The zero-order valence-electron chi connectivity index (χ0n) is 12.2. The van der Waals surface area contributed by atoms with Gasteiger partial charge in [-0.15, -0.1) is 11.3 Å². The molecule has 0 spiro atoms. The van der Waals surface area contributed by atoms with Crippen LogP contribution in [0.4, 0.5) is 0 Å². The number of hydrogen-bond donors (Lipinski definition) is 1. The van der Waals surface area contributed by atoms with E-state index in [-0.39, 0.29) is 11.9 Å². The van der Waals surface area contributed by atoms with Crippen molar-refractivity contribution in [2.45, 2.75) is 18.9 Å². The summed E-state index contributed by atoms with van der Waals surface area (Å²) in [5.74, 6) is 0.165. The largest absolute Gasteiger partial charge is 0.344 e. The normalized spacial score (nSPS) is 17.3. The maximum absolute atomic E-state index is 12.7. The van der Waals surface area contributed by atoms with Crippen LogP contribution in [0.2, 0.25) is 0 Å². The summed E-state index contributed by atoms with van der Waals surface area (Å²) >= 11 is 1.75. The monoisotopic (exact) mass is 300 g/mol. The van der Waals surface area contributed by atoms with Gasteiger partial charge in [0, 0.05) is 25.0 Å². The molecule has 1 aromatic carbocycles. The summed E-state index contributed by atoms with van der Waals surface area (Å²) < 4.78 is 0. The molecular weight excluding hydrogens is 280 g/mol. The van der Waals surface area contributed by atoms with Gasteiger partial charge in [-0.25, -0.2) is 0 Å². The van der Waals surface area contributed by atoms with Crippen LogP contribution in [0.3, 0.4) is 0 Å². The number of benzene rings is 1. The summed E-state index contributed by atoms with van der Waals surface area (Å²) in [5.41, 5.74) is 2.43. The van der Waals surface area contributed by atoms with E-state index < -0.39 is 0 Å². The lowest BCUT2D eigenvalue weighted by molar-refractivity contribution is -0.132. The molecule has 2 aromatic rings. The summed E-state index contributed by atoms with van der Waals surface area (Å²) in [5, 5.41) is 5.44. The fraction of sp³-hybridized carbons (Fsp3) is 0.353.